The number of carbonyl (C=O) groups excluding carboxylic acids is 1. The van der Waals surface area contributed by atoms with Crippen LogP contribution in [0.1, 0.15) is 38.2 Å². The number of halogens is 1. The molecule has 190 valence electrons. The predicted octanol–water partition coefficient (Wildman–Crippen LogP) is 5.10. The van der Waals surface area contributed by atoms with Crippen molar-refractivity contribution in [1.82, 2.24) is 14.2 Å². The third-order valence-corrected chi connectivity index (χ3v) is 10.8. The molecule has 0 radical (unpaired) electrons. The third-order valence-electron chi connectivity index (χ3n) is 6.18. The maximum Gasteiger partial charge on any atom is 0.253 e. The number of hydrogen-bond acceptors (Lipinski definition) is 7. The molecule has 0 saturated carbocycles. The number of thiophene rings is 1. The van der Waals surface area contributed by atoms with Crippen molar-refractivity contribution >= 4 is 65.6 Å². The Kier molecular flexibility index (Phi) is 8.50. The van der Waals surface area contributed by atoms with Crippen molar-refractivity contribution in [1.29, 1.82) is 0 Å². The average Bonchev–Trinajstić information content (AvgIpc) is 3.47. The van der Waals surface area contributed by atoms with E-state index >= 15 is 0 Å². The van der Waals surface area contributed by atoms with Gasteiger partial charge >= 0.3 is 0 Å². The van der Waals surface area contributed by atoms with Gasteiger partial charge in [-0.3, -0.25) is 9.69 Å². The molecule has 11 heteroatoms. The standard InChI is InChI=1S/C24H31ClN4O3S3/c1-4-17-9-10-18-20(16-17)33-24(26-18)28(14-7-13-27(2)3)23(30)19-8-5-6-15-29(19)35(31,32)22-12-11-21(25)34-22/h9-12,16,19H,4-8,13-15H2,1-3H3. The van der Waals surface area contributed by atoms with Crippen molar-refractivity contribution < 1.29 is 13.2 Å². The summed E-state index contributed by atoms with van der Waals surface area (Å²) in [4.78, 5) is 22.6. The van der Waals surface area contributed by atoms with Gasteiger partial charge in [-0.2, -0.15) is 4.31 Å². The van der Waals surface area contributed by atoms with Crippen LogP contribution in [0.2, 0.25) is 4.34 Å². The quantitative estimate of drug-likeness (QED) is 0.368. The summed E-state index contributed by atoms with van der Waals surface area (Å²) in [5.41, 5.74) is 2.08. The Morgan fingerprint density at radius 3 is 2.66 bits per heavy atom. The minimum atomic E-state index is -3.82. The maximum absolute atomic E-state index is 14.0. The van der Waals surface area contributed by atoms with Crippen molar-refractivity contribution in [3.8, 4) is 0 Å². The topological polar surface area (TPSA) is 73.8 Å². The number of anilines is 1. The van der Waals surface area contributed by atoms with Crippen LogP contribution in [0.15, 0.2) is 34.5 Å². The third kappa shape index (κ3) is 5.89. The van der Waals surface area contributed by atoms with Gasteiger partial charge in [-0.05, 0) is 76.2 Å². The smallest absolute Gasteiger partial charge is 0.253 e. The van der Waals surface area contributed by atoms with Gasteiger partial charge in [-0.1, -0.05) is 42.3 Å². The molecule has 1 fully saturated rings. The summed E-state index contributed by atoms with van der Waals surface area (Å²) in [7, 11) is 0.171. The number of sulfonamides is 1. The lowest BCUT2D eigenvalue weighted by molar-refractivity contribution is -0.123. The molecular weight excluding hydrogens is 524 g/mol. The first-order valence-corrected chi connectivity index (χ1v) is 15.3. The van der Waals surface area contributed by atoms with Crippen LogP contribution in [0, 0.1) is 0 Å². The largest absolute Gasteiger partial charge is 0.309 e. The molecule has 1 amide bonds. The Bertz CT molecular complexity index is 1290. The number of benzene rings is 1. The molecule has 0 aliphatic carbocycles. The second-order valence-electron chi connectivity index (χ2n) is 8.98. The highest BCUT2D eigenvalue weighted by Gasteiger charge is 2.41. The molecule has 7 nitrogen and oxygen atoms in total. The molecule has 1 aromatic carbocycles. The fraction of sp³-hybridized carbons (Fsp3) is 0.500. The van der Waals surface area contributed by atoms with Gasteiger partial charge in [0.05, 0.1) is 14.6 Å². The van der Waals surface area contributed by atoms with E-state index in [1.54, 1.807) is 11.0 Å². The molecule has 35 heavy (non-hydrogen) atoms. The molecule has 3 aromatic rings. The summed E-state index contributed by atoms with van der Waals surface area (Å²) in [5.74, 6) is -0.204. The zero-order valence-corrected chi connectivity index (χ0v) is 23.4. The van der Waals surface area contributed by atoms with Gasteiger partial charge in [0.2, 0.25) is 5.91 Å². The molecular formula is C24H31ClN4O3S3. The monoisotopic (exact) mass is 554 g/mol. The highest BCUT2D eigenvalue weighted by atomic mass is 35.5. The average molecular weight is 555 g/mol. The zero-order valence-electron chi connectivity index (χ0n) is 20.2. The second kappa shape index (κ2) is 11.2. The van der Waals surface area contributed by atoms with E-state index in [9.17, 15) is 13.2 Å². The van der Waals surface area contributed by atoms with Gasteiger partial charge in [-0.15, -0.1) is 11.3 Å². The molecule has 1 saturated heterocycles. The van der Waals surface area contributed by atoms with Crippen molar-refractivity contribution in [3.63, 3.8) is 0 Å². The van der Waals surface area contributed by atoms with Gasteiger partial charge in [-0.25, -0.2) is 13.4 Å². The number of aromatic nitrogens is 1. The Morgan fingerprint density at radius 2 is 1.97 bits per heavy atom. The van der Waals surface area contributed by atoms with Crippen molar-refractivity contribution in [2.75, 3.05) is 38.6 Å². The first kappa shape index (κ1) is 26.5. The zero-order chi connectivity index (χ0) is 25.2. The molecule has 2 aromatic heterocycles. The van der Waals surface area contributed by atoms with Crippen molar-refractivity contribution in [3.05, 3.63) is 40.2 Å². The number of thiazole rings is 1. The van der Waals surface area contributed by atoms with Crippen LogP contribution in [-0.4, -0.2) is 68.3 Å². The molecule has 0 bridgehead atoms. The minimum absolute atomic E-state index is 0.174. The lowest BCUT2D eigenvalue weighted by Crippen LogP contribution is -2.53. The van der Waals surface area contributed by atoms with E-state index in [2.05, 4.69) is 24.0 Å². The van der Waals surface area contributed by atoms with Gasteiger partial charge in [0, 0.05) is 13.1 Å². The van der Waals surface area contributed by atoms with Crippen LogP contribution in [-0.2, 0) is 21.2 Å². The molecule has 4 rings (SSSR count). The molecule has 3 heterocycles. The number of rotatable bonds is 9. The Labute approximate surface area is 220 Å². The lowest BCUT2D eigenvalue weighted by Gasteiger charge is -2.36. The molecule has 1 atom stereocenters. The van der Waals surface area contributed by atoms with E-state index in [-0.39, 0.29) is 10.1 Å². The Morgan fingerprint density at radius 1 is 1.17 bits per heavy atom. The van der Waals surface area contributed by atoms with Crippen molar-refractivity contribution in [2.45, 2.75) is 49.3 Å². The summed E-state index contributed by atoms with van der Waals surface area (Å²) in [6.07, 6.45) is 3.71. The van der Waals surface area contributed by atoms with Crippen LogP contribution in [0.5, 0.6) is 0 Å². The molecule has 1 aliphatic rings. The van der Waals surface area contributed by atoms with Crippen LogP contribution in [0.4, 0.5) is 5.13 Å². The summed E-state index contributed by atoms with van der Waals surface area (Å²) in [6, 6.07) is 8.52. The van der Waals surface area contributed by atoms with E-state index in [0.717, 1.165) is 53.8 Å². The molecule has 1 aliphatic heterocycles. The summed E-state index contributed by atoms with van der Waals surface area (Å²) >= 11 is 8.54. The fourth-order valence-electron chi connectivity index (χ4n) is 4.31. The van der Waals surface area contributed by atoms with E-state index in [4.69, 9.17) is 16.6 Å². The summed E-state index contributed by atoms with van der Waals surface area (Å²) in [5, 5.41) is 0.624. The second-order valence-corrected chi connectivity index (χ2v) is 13.8. The van der Waals surface area contributed by atoms with Gasteiger partial charge in [0.25, 0.3) is 10.0 Å². The Hall–Kier alpha value is -1.56. The predicted molar refractivity (Wildman–Crippen MR) is 145 cm³/mol. The Balaban J connectivity index is 1.68. The highest BCUT2D eigenvalue weighted by molar-refractivity contribution is 7.91. The normalized spacial score (nSPS) is 17.3. The van der Waals surface area contributed by atoms with Crippen LogP contribution < -0.4 is 4.90 Å². The van der Waals surface area contributed by atoms with E-state index in [1.165, 1.54) is 27.3 Å². The number of fused-ring (bicyclic) bond motifs is 1. The van der Waals surface area contributed by atoms with Crippen molar-refractivity contribution in [2.24, 2.45) is 0 Å². The highest BCUT2D eigenvalue weighted by Crippen LogP contribution is 2.35. The van der Waals surface area contributed by atoms with Crippen LogP contribution >= 0.6 is 34.3 Å². The van der Waals surface area contributed by atoms with Crippen LogP contribution in [0.25, 0.3) is 10.2 Å². The fourth-order valence-corrected chi connectivity index (χ4v) is 8.63. The summed E-state index contributed by atoms with van der Waals surface area (Å²) in [6.45, 7) is 3.72. The number of piperidine rings is 1. The van der Waals surface area contributed by atoms with E-state index < -0.39 is 16.1 Å². The van der Waals surface area contributed by atoms with E-state index in [1.807, 2.05) is 20.2 Å². The number of carbonyl (C=O) groups is 1. The first-order valence-electron chi connectivity index (χ1n) is 11.8. The number of aryl methyl sites for hydroxylation is 1. The van der Waals surface area contributed by atoms with Crippen LogP contribution in [0.3, 0.4) is 0 Å². The maximum atomic E-state index is 14.0. The number of hydrogen-bond donors (Lipinski definition) is 0. The molecule has 1 unspecified atom stereocenters. The van der Waals surface area contributed by atoms with E-state index in [0.29, 0.717) is 29.0 Å². The van der Waals surface area contributed by atoms with Gasteiger partial charge < -0.3 is 4.90 Å². The number of amides is 1. The SMILES string of the molecule is CCc1ccc2nc(N(CCCN(C)C)C(=O)C3CCCCN3S(=O)(=O)c3ccc(Cl)s3)sc2c1. The molecule has 0 N–H and O–H groups in total. The van der Waals surface area contributed by atoms with Gasteiger partial charge in [0.1, 0.15) is 10.3 Å². The summed E-state index contributed by atoms with van der Waals surface area (Å²) < 4.78 is 30.0. The molecule has 0 spiro atoms. The first-order chi connectivity index (χ1) is 16.7. The number of nitrogens with zero attached hydrogens (tertiary/aromatic N) is 4. The lowest BCUT2D eigenvalue weighted by atomic mass is 10.0. The van der Waals surface area contributed by atoms with Gasteiger partial charge in [0.15, 0.2) is 5.13 Å². The minimum Gasteiger partial charge on any atom is -0.309 e.